The number of carbonyl (C=O) groups excluding carboxylic acids is 7. The van der Waals surface area contributed by atoms with Crippen LogP contribution in [-0.4, -0.2) is 123 Å². The maximum Gasteiger partial charge on any atom is 0.337 e. The Hall–Kier alpha value is -5.39. The van der Waals surface area contributed by atoms with Gasteiger partial charge in [0.1, 0.15) is 24.2 Å². The first-order valence-electron chi connectivity index (χ1n) is 18.7. The monoisotopic (exact) mass is 781 g/mol. The number of nitrogens with one attached hydrogen (secondary N) is 5. The van der Waals surface area contributed by atoms with Crippen LogP contribution in [0.3, 0.4) is 0 Å². The number of quaternary nitrogens is 1. The van der Waals surface area contributed by atoms with Crippen LogP contribution >= 0.6 is 0 Å². The number of hydrogen-bond acceptors (Lipinski definition) is 10. The smallest absolute Gasteiger partial charge is 0.337 e. The fourth-order valence-corrected chi connectivity index (χ4v) is 6.37. The number of aliphatic hydroxyl groups is 1. The van der Waals surface area contributed by atoms with Crippen molar-refractivity contribution in [2.75, 3.05) is 41.4 Å². The van der Waals surface area contributed by atoms with Crippen LogP contribution in [-0.2, 0) is 35.1 Å². The average Bonchev–Trinajstić information content (AvgIpc) is 3.71. The average molecular weight is 782 g/mol. The van der Waals surface area contributed by atoms with Crippen LogP contribution in [0.15, 0.2) is 54.6 Å². The number of unbranched alkanes of at least 4 members (excludes halogenated alkanes) is 1. The van der Waals surface area contributed by atoms with E-state index >= 15 is 0 Å². The standard InChI is InChI=1S/C39H56N8O9/c1-47(2,3)21-11-10-16-28(35(51)44-30(23-48)33(41)49)42-37(53)31(25-14-8-9-15-25)45-38(54)32(40)46-36(52)29(22-24-12-6-5-7-13-24)43-34(50)26-17-19-27(20-18-26)39(55)56-4/h5-7,12-13,17-20,25,28-32,48H,8-11,14-16,21-23,40H2,1-4H3,(H6-,41,42,43,44,45,46,49,50,51,52,53,54)/p+1/t28-,29-,30?,31-,32+/m0/s1. The fourth-order valence-electron chi connectivity index (χ4n) is 6.37. The van der Waals surface area contributed by atoms with Gasteiger partial charge in [-0.15, -0.1) is 0 Å². The highest BCUT2D eigenvalue weighted by Crippen LogP contribution is 2.28. The van der Waals surface area contributed by atoms with Gasteiger partial charge < -0.3 is 52.4 Å². The molecule has 17 nitrogen and oxygen atoms in total. The molecule has 1 aliphatic carbocycles. The number of amides is 6. The van der Waals surface area contributed by atoms with E-state index in [0.717, 1.165) is 25.8 Å². The molecule has 1 unspecified atom stereocenters. The molecule has 0 aliphatic heterocycles. The summed E-state index contributed by atoms with van der Waals surface area (Å²) in [6.07, 6.45) is 2.74. The van der Waals surface area contributed by atoms with Crippen LogP contribution in [0.5, 0.6) is 0 Å². The quantitative estimate of drug-likeness (QED) is 0.0339. The van der Waals surface area contributed by atoms with Gasteiger partial charge in [0.15, 0.2) is 6.17 Å². The number of benzene rings is 2. The Morgan fingerprint density at radius 2 is 1.34 bits per heavy atom. The zero-order valence-electron chi connectivity index (χ0n) is 32.5. The Morgan fingerprint density at radius 3 is 1.91 bits per heavy atom. The SMILES string of the molecule is COC(=O)c1ccc(C(=O)N[C@@H](Cc2ccccc2)C(=O)N[C@@H](N)C(=O)N[C@H](C(=O)N[C@@H](CCCC[N+](C)(C)C)C(=O)NC(CO)C(N)=O)C2CCCC2)cc1. The van der Waals surface area contributed by atoms with Crippen molar-refractivity contribution >= 4 is 41.4 Å². The number of nitrogens with zero attached hydrogens (tertiary/aromatic N) is 1. The molecule has 17 heteroatoms. The lowest BCUT2D eigenvalue weighted by molar-refractivity contribution is -0.870. The number of hydrogen-bond donors (Lipinski definition) is 8. The van der Waals surface area contributed by atoms with Gasteiger partial charge in [0.25, 0.3) is 11.8 Å². The Morgan fingerprint density at radius 1 is 0.750 bits per heavy atom. The summed E-state index contributed by atoms with van der Waals surface area (Å²) in [4.78, 5) is 91.2. The minimum Gasteiger partial charge on any atom is -0.465 e. The lowest BCUT2D eigenvalue weighted by Crippen LogP contribution is -2.62. The molecule has 0 bridgehead atoms. The van der Waals surface area contributed by atoms with E-state index in [0.29, 0.717) is 29.3 Å². The molecule has 0 saturated heterocycles. The Labute approximate surface area is 327 Å². The Bertz CT molecular complexity index is 1660. The summed E-state index contributed by atoms with van der Waals surface area (Å²) < 4.78 is 5.39. The predicted octanol–water partition coefficient (Wildman–Crippen LogP) is -0.786. The van der Waals surface area contributed by atoms with Crippen molar-refractivity contribution in [3.63, 3.8) is 0 Å². The molecule has 1 aliphatic rings. The second-order valence-corrected chi connectivity index (χ2v) is 15.0. The van der Waals surface area contributed by atoms with Crippen LogP contribution in [0.25, 0.3) is 0 Å². The van der Waals surface area contributed by atoms with E-state index in [1.54, 1.807) is 30.3 Å². The third-order valence-corrected chi connectivity index (χ3v) is 9.55. The van der Waals surface area contributed by atoms with Crippen molar-refractivity contribution in [2.45, 2.75) is 81.7 Å². The molecule has 56 heavy (non-hydrogen) atoms. The minimum atomic E-state index is -1.63. The molecule has 2 aromatic rings. The van der Waals surface area contributed by atoms with Crippen molar-refractivity contribution in [2.24, 2.45) is 17.4 Å². The lowest BCUT2D eigenvalue weighted by atomic mass is 9.96. The van der Waals surface area contributed by atoms with Gasteiger partial charge >= 0.3 is 5.97 Å². The molecule has 10 N–H and O–H groups in total. The molecule has 0 radical (unpaired) electrons. The molecule has 3 rings (SSSR count). The largest absolute Gasteiger partial charge is 0.465 e. The first-order chi connectivity index (χ1) is 26.5. The number of carbonyl (C=O) groups is 7. The highest BCUT2D eigenvalue weighted by molar-refractivity contribution is 6.00. The summed E-state index contributed by atoms with van der Waals surface area (Å²) in [6.45, 7) is 0.0703. The highest BCUT2D eigenvalue weighted by atomic mass is 16.5. The highest BCUT2D eigenvalue weighted by Gasteiger charge is 2.36. The summed E-state index contributed by atoms with van der Waals surface area (Å²) in [5.74, 6) is -5.44. The number of ether oxygens (including phenoxy) is 1. The van der Waals surface area contributed by atoms with E-state index in [1.165, 1.54) is 31.4 Å². The van der Waals surface area contributed by atoms with E-state index in [1.807, 2.05) is 21.1 Å². The maximum absolute atomic E-state index is 13.9. The predicted molar refractivity (Wildman–Crippen MR) is 206 cm³/mol. The van der Waals surface area contributed by atoms with Crippen LogP contribution < -0.4 is 38.1 Å². The number of aliphatic hydroxyl groups excluding tert-OH is 1. The molecular formula is C39H57N8O9+. The van der Waals surface area contributed by atoms with Gasteiger partial charge in [-0.2, -0.15) is 0 Å². The topological polar surface area (TPSA) is 261 Å². The zero-order chi connectivity index (χ0) is 41.4. The van der Waals surface area contributed by atoms with E-state index in [9.17, 15) is 38.7 Å². The summed E-state index contributed by atoms with van der Waals surface area (Å²) >= 11 is 0. The molecule has 0 heterocycles. The first-order valence-corrected chi connectivity index (χ1v) is 18.7. The van der Waals surface area contributed by atoms with Crippen LogP contribution in [0.1, 0.15) is 71.2 Å². The fraction of sp³-hybridized carbons (Fsp3) is 0.513. The zero-order valence-corrected chi connectivity index (χ0v) is 32.5. The minimum absolute atomic E-state index is 0.0468. The van der Waals surface area contributed by atoms with Gasteiger partial charge in [0, 0.05) is 12.0 Å². The van der Waals surface area contributed by atoms with E-state index < -0.39 is 78.4 Å². The summed E-state index contributed by atoms with van der Waals surface area (Å²) in [7, 11) is 7.32. The third kappa shape index (κ3) is 14.4. The number of primary amides is 1. The van der Waals surface area contributed by atoms with Crippen LogP contribution in [0.4, 0.5) is 0 Å². The normalized spacial score (nSPS) is 15.6. The second kappa shape index (κ2) is 21.6. The molecule has 5 atom stereocenters. The van der Waals surface area contributed by atoms with Gasteiger partial charge in [-0.25, -0.2) is 4.79 Å². The van der Waals surface area contributed by atoms with Gasteiger partial charge in [0.05, 0.1) is 47.0 Å². The van der Waals surface area contributed by atoms with Crippen molar-refractivity contribution < 1.29 is 47.9 Å². The van der Waals surface area contributed by atoms with Gasteiger partial charge in [0.2, 0.25) is 23.6 Å². The second-order valence-electron chi connectivity index (χ2n) is 15.0. The summed E-state index contributed by atoms with van der Waals surface area (Å²) in [6, 6.07) is 9.75. The summed E-state index contributed by atoms with van der Waals surface area (Å²) in [5.41, 5.74) is 12.6. The van der Waals surface area contributed by atoms with Crippen molar-refractivity contribution in [3.05, 3.63) is 71.3 Å². The van der Waals surface area contributed by atoms with E-state index in [-0.39, 0.29) is 29.9 Å². The van der Waals surface area contributed by atoms with Crippen LogP contribution in [0, 0.1) is 5.92 Å². The number of nitrogens with two attached hydrogens (primary N) is 2. The van der Waals surface area contributed by atoms with Gasteiger partial charge in [-0.3, -0.25) is 28.8 Å². The molecular weight excluding hydrogens is 724 g/mol. The van der Waals surface area contributed by atoms with Gasteiger partial charge in [-0.05, 0) is 67.9 Å². The molecule has 2 aromatic carbocycles. The molecule has 6 amide bonds. The number of rotatable bonds is 21. The molecule has 1 saturated carbocycles. The van der Waals surface area contributed by atoms with E-state index in [4.69, 9.17) is 16.2 Å². The molecule has 306 valence electrons. The molecule has 1 fully saturated rings. The summed E-state index contributed by atoms with van der Waals surface area (Å²) in [5, 5.41) is 22.5. The van der Waals surface area contributed by atoms with Crippen molar-refractivity contribution in [1.29, 1.82) is 0 Å². The molecule has 0 aromatic heterocycles. The number of esters is 1. The first kappa shape index (κ1) is 45.0. The van der Waals surface area contributed by atoms with Crippen LogP contribution in [0.2, 0.25) is 0 Å². The lowest BCUT2D eigenvalue weighted by Gasteiger charge is -2.29. The van der Waals surface area contributed by atoms with Crippen molar-refractivity contribution in [1.82, 2.24) is 26.6 Å². The molecule has 0 spiro atoms. The number of methoxy groups -OCH3 is 1. The van der Waals surface area contributed by atoms with Crippen molar-refractivity contribution in [3.8, 4) is 0 Å². The Balaban J connectivity index is 1.76. The third-order valence-electron chi connectivity index (χ3n) is 9.55. The maximum atomic E-state index is 13.9. The van der Waals surface area contributed by atoms with E-state index in [2.05, 4.69) is 26.6 Å². The van der Waals surface area contributed by atoms with Gasteiger partial charge in [-0.1, -0.05) is 43.2 Å². The Kier molecular flexibility index (Phi) is 17.4.